The Morgan fingerprint density at radius 1 is 1.08 bits per heavy atom. The minimum Gasteiger partial charge on any atom is -0.349 e. The molecule has 1 fully saturated rings. The van der Waals surface area contributed by atoms with Crippen LogP contribution < -0.4 is 5.32 Å². The monoisotopic (exact) mass is 368 g/mol. The standard InChI is InChI=1S/C21H24N2O2S/c24-20(22-19-7-3-5-15-4-1-2-6-18(15)19)16-8-11-23(12-9-16)21(25)17-10-13-26-14-17/h1-2,4,6,10,13-14,16,19H,3,5,7-9,11-12H2,(H,22,24). The SMILES string of the molecule is O=C(NC1CCCc2ccccc21)C1CCN(C(=O)c2ccsc2)CC1. The van der Waals surface area contributed by atoms with Crippen molar-refractivity contribution in [3.8, 4) is 0 Å². The van der Waals surface area contributed by atoms with Crippen molar-refractivity contribution >= 4 is 23.2 Å². The molecule has 2 aliphatic rings. The third-order valence-corrected chi connectivity index (χ3v) is 6.29. The van der Waals surface area contributed by atoms with Crippen LogP contribution in [0, 0.1) is 5.92 Å². The highest BCUT2D eigenvalue weighted by molar-refractivity contribution is 7.08. The second-order valence-corrected chi connectivity index (χ2v) is 8.01. The average molecular weight is 369 g/mol. The van der Waals surface area contributed by atoms with E-state index in [9.17, 15) is 9.59 Å². The van der Waals surface area contributed by atoms with Gasteiger partial charge < -0.3 is 10.2 Å². The van der Waals surface area contributed by atoms with E-state index >= 15 is 0 Å². The fourth-order valence-electron chi connectivity index (χ4n) is 4.11. The van der Waals surface area contributed by atoms with E-state index in [0.29, 0.717) is 13.1 Å². The zero-order valence-corrected chi connectivity index (χ0v) is 15.6. The molecular weight excluding hydrogens is 344 g/mol. The van der Waals surface area contributed by atoms with Gasteiger partial charge in [0.25, 0.3) is 5.91 Å². The Bertz CT molecular complexity index is 779. The van der Waals surface area contributed by atoms with Gasteiger partial charge in [0.1, 0.15) is 0 Å². The number of thiophene rings is 1. The van der Waals surface area contributed by atoms with Crippen LogP contribution >= 0.6 is 11.3 Å². The van der Waals surface area contributed by atoms with Gasteiger partial charge >= 0.3 is 0 Å². The van der Waals surface area contributed by atoms with Crippen LogP contribution in [0.4, 0.5) is 0 Å². The molecule has 1 atom stereocenters. The Kier molecular flexibility index (Phi) is 5.07. The van der Waals surface area contributed by atoms with E-state index < -0.39 is 0 Å². The van der Waals surface area contributed by atoms with Crippen LogP contribution in [0.5, 0.6) is 0 Å². The predicted molar refractivity (Wildman–Crippen MR) is 103 cm³/mol. The lowest BCUT2D eigenvalue weighted by atomic mass is 9.87. The fourth-order valence-corrected chi connectivity index (χ4v) is 4.74. The van der Waals surface area contributed by atoms with Gasteiger partial charge in [0.05, 0.1) is 11.6 Å². The van der Waals surface area contributed by atoms with Crippen molar-refractivity contribution in [2.75, 3.05) is 13.1 Å². The molecule has 0 radical (unpaired) electrons. The molecule has 0 spiro atoms. The van der Waals surface area contributed by atoms with E-state index in [1.54, 1.807) is 0 Å². The van der Waals surface area contributed by atoms with Crippen LogP contribution in [-0.2, 0) is 11.2 Å². The lowest BCUT2D eigenvalue weighted by Gasteiger charge is -2.33. The first-order valence-corrected chi connectivity index (χ1v) is 10.4. The van der Waals surface area contributed by atoms with Gasteiger partial charge in [-0.3, -0.25) is 9.59 Å². The Labute approximate surface area is 158 Å². The lowest BCUT2D eigenvalue weighted by molar-refractivity contribution is -0.127. The maximum atomic E-state index is 12.8. The summed E-state index contributed by atoms with van der Waals surface area (Å²) in [6.45, 7) is 1.32. The van der Waals surface area contributed by atoms with Gasteiger partial charge in [-0.05, 0) is 54.7 Å². The highest BCUT2D eigenvalue weighted by atomic mass is 32.1. The number of amides is 2. The summed E-state index contributed by atoms with van der Waals surface area (Å²) in [5.41, 5.74) is 3.40. The van der Waals surface area contributed by atoms with Gasteiger partial charge in [-0.1, -0.05) is 24.3 Å². The number of hydrogen-bond donors (Lipinski definition) is 1. The third-order valence-electron chi connectivity index (χ3n) is 5.61. The minimum atomic E-state index is 0.00983. The Balaban J connectivity index is 1.34. The van der Waals surface area contributed by atoms with Crippen LogP contribution in [0.3, 0.4) is 0 Å². The maximum Gasteiger partial charge on any atom is 0.254 e. The van der Waals surface area contributed by atoms with Crippen molar-refractivity contribution in [2.45, 2.75) is 38.1 Å². The zero-order valence-electron chi connectivity index (χ0n) is 14.8. The number of hydrogen-bond acceptors (Lipinski definition) is 3. The molecule has 2 aromatic rings. The number of likely N-dealkylation sites (tertiary alicyclic amines) is 1. The number of aryl methyl sites for hydroxylation is 1. The molecule has 1 aromatic carbocycles. The molecule has 1 N–H and O–H groups in total. The van der Waals surface area contributed by atoms with E-state index in [0.717, 1.165) is 37.7 Å². The highest BCUT2D eigenvalue weighted by Crippen LogP contribution is 2.30. The van der Waals surface area contributed by atoms with Crippen LogP contribution in [0.15, 0.2) is 41.1 Å². The van der Waals surface area contributed by atoms with Crippen LogP contribution in [0.25, 0.3) is 0 Å². The van der Waals surface area contributed by atoms with Crippen molar-refractivity contribution in [3.63, 3.8) is 0 Å². The number of fused-ring (bicyclic) bond motifs is 1. The molecule has 0 saturated carbocycles. The second kappa shape index (κ2) is 7.62. The van der Waals surface area contributed by atoms with Gasteiger partial charge in [-0.2, -0.15) is 11.3 Å². The Hall–Kier alpha value is -2.14. The van der Waals surface area contributed by atoms with Crippen molar-refractivity contribution in [1.82, 2.24) is 10.2 Å². The number of carbonyl (C=O) groups excluding carboxylic acids is 2. The van der Waals surface area contributed by atoms with Gasteiger partial charge in [-0.25, -0.2) is 0 Å². The molecule has 1 aliphatic carbocycles. The summed E-state index contributed by atoms with van der Waals surface area (Å²) in [5, 5.41) is 7.09. The van der Waals surface area contributed by atoms with Crippen LogP contribution in [0.1, 0.15) is 53.2 Å². The van der Waals surface area contributed by atoms with Gasteiger partial charge in [-0.15, -0.1) is 0 Å². The molecule has 2 heterocycles. The molecule has 4 nitrogen and oxygen atoms in total. The van der Waals surface area contributed by atoms with E-state index in [1.807, 2.05) is 21.7 Å². The first-order valence-electron chi connectivity index (χ1n) is 9.42. The van der Waals surface area contributed by atoms with Crippen molar-refractivity contribution in [2.24, 2.45) is 5.92 Å². The molecule has 4 rings (SSSR count). The Morgan fingerprint density at radius 3 is 2.65 bits per heavy atom. The minimum absolute atomic E-state index is 0.00983. The molecule has 26 heavy (non-hydrogen) atoms. The highest BCUT2D eigenvalue weighted by Gasteiger charge is 2.30. The first-order chi connectivity index (χ1) is 12.7. The zero-order chi connectivity index (χ0) is 17.9. The Morgan fingerprint density at radius 2 is 1.88 bits per heavy atom. The van der Waals surface area contributed by atoms with Crippen LogP contribution in [0.2, 0.25) is 0 Å². The summed E-state index contributed by atoms with van der Waals surface area (Å²) in [6, 6.07) is 10.4. The smallest absolute Gasteiger partial charge is 0.254 e. The second-order valence-electron chi connectivity index (χ2n) is 7.23. The average Bonchev–Trinajstić information content (AvgIpc) is 3.23. The number of benzene rings is 1. The largest absolute Gasteiger partial charge is 0.349 e. The van der Waals surface area contributed by atoms with E-state index in [1.165, 1.54) is 22.5 Å². The third kappa shape index (κ3) is 3.54. The number of nitrogens with zero attached hydrogens (tertiary/aromatic N) is 1. The van der Waals surface area contributed by atoms with E-state index in [2.05, 4.69) is 29.6 Å². The summed E-state index contributed by atoms with van der Waals surface area (Å²) in [7, 11) is 0. The molecule has 1 unspecified atom stereocenters. The molecule has 136 valence electrons. The van der Waals surface area contributed by atoms with Gasteiger partial charge in [0.15, 0.2) is 0 Å². The number of carbonyl (C=O) groups is 2. The summed E-state index contributed by atoms with van der Waals surface area (Å²) in [6.07, 6.45) is 4.73. The van der Waals surface area contributed by atoms with E-state index in [-0.39, 0.29) is 23.8 Å². The number of rotatable bonds is 3. The summed E-state index contributed by atoms with van der Waals surface area (Å²) < 4.78 is 0. The number of piperidine rings is 1. The first kappa shape index (κ1) is 17.3. The molecule has 1 aromatic heterocycles. The van der Waals surface area contributed by atoms with E-state index in [4.69, 9.17) is 0 Å². The fraction of sp³-hybridized carbons (Fsp3) is 0.429. The molecule has 2 amide bonds. The molecule has 5 heteroatoms. The van der Waals surface area contributed by atoms with Gasteiger partial charge in [0, 0.05) is 24.4 Å². The summed E-state index contributed by atoms with van der Waals surface area (Å²) in [4.78, 5) is 27.1. The summed E-state index contributed by atoms with van der Waals surface area (Å²) in [5.74, 6) is 0.247. The normalized spacial score (nSPS) is 20.5. The number of nitrogens with one attached hydrogen (secondary N) is 1. The topological polar surface area (TPSA) is 49.4 Å². The molecule has 1 saturated heterocycles. The molecule has 0 bridgehead atoms. The summed E-state index contributed by atoms with van der Waals surface area (Å²) >= 11 is 1.54. The van der Waals surface area contributed by atoms with Gasteiger partial charge in [0.2, 0.25) is 5.91 Å². The van der Waals surface area contributed by atoms with Crippen molar-refractivity contribution in [3.05, 3.63) is 57.8 Å². The van der Waals surface area contributed by atoms with Crippen molar-refractivity contribution in [1.29, 1.82) is 0 Å². The molecule has 1 aliphatic heterocycles. The lowest BCUT2D eigenvalue weighted by Crippen LogP contribution is -2.44. The predicted octanol–water partition coefficient (Wildman–Crippen LogP) is 3.79. The molecular formula is C21H24N2O2S. The van der Waals surface area contributed by atoms with Crippen molar-refractivity contribution < 1.29 is 9.59 Å². The quantitative estimate of drug-likeness (QED) is 0.896. The van der Waals surface area contributed by atoms with Crippen LogP contribution in [-0.4, -0.2) is 29.8 Å². The maximum absolute atomic E-state index is 12.8.